The van der Waals surface area contributed by atoms with Crippen molar-refractivity contribution < 1.29 is 9.59 Å². The Morgan fingerprint density at radius 2 is 1.96 bits per heavy atom. The molecule has 122 valence electrons. The standard InChI is InChI=1S/C19H18N2O2S/c22-17-11-24-16-9-8-14(10-15(16)20-17)19(23)21-18(13-6-7-13)12-4-2-1-3-5-12/h1-5,8-10,13,18H,6-7,11H2,(H,20,22)(H,21,23). The van der Waals surface area contributed by atoms with Crippen molar-refractivity contribution in [1.82, 2.24) is 5.32 Å². The lowest BCUT2D eigenvalue weighted by atomic mass is 10.0. The third-order valence-electron chi connectivity index (χ3n) is 4.41. The maximum atomic E-state index is 12.7. The Labute approximate surface area is 145 Å². The van der Waals surface area contributed by atoms with Gasteiger partial charge < -0.3 is 10.6 Å². The molecule has 1 atom stereocenters. The van der Waals surface area contributed by atoms with Crippen LogP contribution in [0.3, 0.4) is 0 Å². The largest absolute Gasteiger partial charge is 0.345 e. The average molecular weight is 338 g/mol. The fraction of sp³-hybridized carbons (Fsp3) is 0.263. The number of nitrogens with one attached hydrogen (secondary N) is 2. The first-order valence-corrected chi connectivity index (χ1v) is 9.12. The van der Waals surface area contributed by atoms with Gasteiger partial charge in [-0.2, -0.15) is 0 Å². The molecule has 4 rings (SSSR count). The van der Waals surface area contributed by atoms with E-state index in [1.54, 1.807) is 6.07 Å². The van der Waals surface area contributed by atoms with Crippen molar-refractivity contribution in [1.29, 1.82) is 0 Å². The molecule has 1 aliphatic heterocycles. The maximum Gasteiger partial charge on any atom is 0.251 e. The summed E-state index contributed by atoms with van der Waals surface area (Å²) in [7, 11) is 0. The van der Waals surface area contributed by atoms with Crippen LogP contribution in [0.2, 0.25) is 0 Å². The highest BCUT2D eigenvalue weighted by atomic mass is 32.2. The molecular formula is C19H18N2O2S. The average Bonchev–Trinajstić information content (AvgIpc) is 3.44. The number of rotatable bonds is 4. The van der Waals surface area contributed by atoms with Gasteiger partial charge in [-0.3, -0.25) is 9.59 Å². The normalized spacial score (nSPS) is 17.6. The number of carbonyl (C=O) groups is 2. The third-order valence-corrected chi connectivity index (χ3v) is 5.49. The van der Waals surface area contributed by atoms with Crippen molar-refractivity contribution >= 4 is 29.3 Å². The number of fused-ring (bicyclic) bond motifs is 1. The van der Waals surface area contributed by atoms with Crippen molar-refractivity contribution in [2.24, 2.45) is 5.92 Å². The summed E-state index contributed by atoms with van der Waals surface area (Å²) in [5, 5.41) is 6.01. The van der Waals surface area contributed by atoms with E-state index in [9.17, 15) is 9.59 Å². The molecule has 1 heterocycles. The lowest BCUT2D eigenvalue weighted by molar-refractivity contribution is -0.113. The lowest BCUT2D eigenvalue weighted by Crippen LogP contribution is -2.30. The second-order valence-corrected chi connectivity index (χ2v) is 7.26. The van der Waals surface area contributed by atoms with Gasteiger partial charge in [-0.15, -0.1) is 11.8 Å². The Hall–Kier alpha value is -2.27. The van der Waals surface area contributed by atoms with Gasteiger partial charge in [0, 0.05) is 10.5 Å². The van der Waals surface area contributed by atoms with Gasteiger partial charge in [0.05, 0.1) is 17.5 Å². The third kappa shape index (κ3) is 3.17. The molecule has 2 aromatic carbocycles. The number of anilines is 1. The lowest BCUT2D eigenvalue weighted by Gasteiger charge is -2.20. The minimum absolute atomic E-state index is 0.0230. The fourth-order valence-electron chi connectivity index (χ4n) is 3.01. The molecule has 2 amide bonds. The van der Waals surface area contributed by atoms with Crippen LogP contribution in [0.4, 0.5) is 5.69 Å². The molecule has 0 radical (unpaired) electrons. The number of benzene rings is 2. The van der Waals surface area contributed by atoms with Crippen LogP contribution in [0.5, 0.6) is 0 Å². The molecule has 1 unspecified atom stereocenters. The molecule has 1 fully saturated rings. The predicted molar refractivity (Wildman–Crippen MR) is 95.2 cm³/mol. The zero-order valence-electron chi connectivity index (χ0n) is 13.1. The zero-order chi connectivity index (χ0) is 16.5. The molecule has 2 aliphatic rings. The Balaban J connectivity index is 1.55. The Kier molecular flexibility index (Phi) is 4.02. The molecule has 1 aliphatic carbocycles. The number of thioether (sulfide) groups is 1. The zero-order valence-corrected chi connectivity index (χ0v) is 13.9. The van der Waals surface area contributed by atoms with Gasteiger partial charge in [-0.05, 0) is 42.5 Å². The summed E-state index contributed by atoms with van der Waals surface area (Å²) in [6, 6.07) is 15.7. The Morgan fingerprint density at radius 3 is 2.71 bits per heavy atom. The summed E-state index contributed by atoms with van der Waals surface area (Å²) in [5.74, 6) is 0.828. The van der Waals surface area contributed by atoms with Crippen LogP contribution in [0.15, 0.2) is 53.4 Å². The van der Waals surface area contributed by atoms with Crippen LogP contribution in [-0.4, -0.2) is 17.6 Å². The fourth-order valence-corrected chi connectivity index (χ4v) is 3.80. The van der Waals surface area contributed by atoms with Crippen LogP contribution in [0, 0.1) is 5.92 Å². The van der Waals surface area contributed by atoms with E-state index in [4.69, 9.17) is 0 Å². The number of hydrogen-bond donors (Lipinski definition) is 2. The first-order valence-electron chi connectivity index (χ1n) is 8.13. The van der Waals surface area contributed by atoms with Crippen LogP contribution >= 0.6 is 11.8 Å². The van der Waals surface area contributed by atoms with E-state index >= 15 is 0 Å². The van der Waals surface area contributed by atoms with Gasteiger partial charge in [0.2, 0.25) is 5.91 Å². The molecule has 0 spiro atoms. The van der Waals surface area contributed by atoms with Gasteiger partial charge in [-0.1, -0.05) is 30.3 Å². The highest BCUT2D eigenvalue weighted by Gasteiger charge is 2.33. The molecule has 0 saturated heterocycles. The Morgan fingerprint density at radius 1 is 1.17 bits per heavy atom. The summed E-state index contributed by atoms with van der Waals surface area (Å²) in [6.07, 6.45) is 2.30. The van der Waals surface area contributed by atoms with Crippen molar-refractivity contribution in [3.05, 3.63) is 59.7 Å². The SMILES string of the molecule is O=C1CSc2ccc(C(=O)NC(c3ccccc3)C3CC3)cc2N1. The molecule has 1 saturated carbocycles. The molecule has 2 aromatic rings. The van der Waals surface area contributed by atoms with E-state index in [0.717, 1.165) is 29.0 Å². The monoisotopic (exact) mass is 338 g/mol. The molecule has 24 heavy (non-hydrogen) atoms. The number of carbonyl (C=O) groups excluding carboxylic acids is 2. The first kappa shape index (κ1) is 15.3. The van der Waals surface area contributed by atoms with E-state index in [1.807, 2.05) is 30.3 Å². The molecule has 4 nitrogen and oxygen atoms in total. The van der Waals surface area contributed by atoms with Gasteiger partial charge in [-0.25, -0.2) is 0 Å². The minimum Gasteiger partial charge on any atom is -0.345 e. The van der Waals surface area contributed by atoms with Crippen molar-refractivity contribution in [2.45, 2.75) is 23.8 Å². The summed E-state index contributed by atoms with van der Waals surface area (Å²) in [4.78, 5) is 25.2. The first-order chi connectivity index (χ1) is 11.7. The van der Waals surface area contributed by atoms with Crippen molar-refractivity contribution in [2.75, 3.05) is 11.1 Å². The van der Waals surface area contributed by atoms with Gasteiger partial charge in [0.25, 0.3) is 5.91 Å². The van der Waals surface area contributed by atoms with Crippen LogP contribution in [0.1, 0.15) is 34.8 Å². The van der Waals surface area contributed by atoms with Crippen LogP contribution < -0.4 is 10.6 Å². The van der Waals surface area contributed by atoms with E-state index in [-0.39, 0.29) is 17.9 Å². The molecule has 0 aromatic heterocycles. The molecular weight excluding hydrogens is 320 g/mol. The molecule has 2 N–H and O–H groups in total. The van der Waals surface area contributed by atoms with Crippen LogP contribution in [-0.2, 0) is 4.79 Å². The maximum absolute atomic E-state index is 12.7. The highest BCUT2D eigenvalue weighted by molar-refractivity contribution is 8.00. The van der Waals surface area contributed by atoms with Gasteiger partial charge in [0.1, 0.15) is 0 Å². The van der Waals surface area contributed by atoms with E-state index < -0.39 is 0 Å². The quantitative estimate of drug-likeness (QED) is 0.895. The summed E-state index contributed by atoms with van der Waals surface area (Å²) < 4.78 is 0. The second kappa shape index (κ2) is 6.32. The van der Waals surface area contributed by atoms with E-state index in [0.29, 0.717) is 17.2 Å². The van der Waals surface area contributed by atoms with Gasteiger partial charge >= 0.3 is 0 Å². The summed E-state index contributed by atoms with van der Waals surface area (Å²) in [6.45, 7) is 0. The molecule has 5 heteroatoms. The van der Waals surface area contributed by atoms with Crippen molar-refractivity contribution in [3.63, 3.8) is 0 Å². The predicted octanol–water partition coefficient (Wildman–Crippen LogP) is 3.61. The smallest absolute Gasteiger partial charge is 0.251 e. The minimum atomic E-state index is -0.0941. The molecule has 0 bridgehead atoms. The van der Waals surface area contributed by atoms with E-state index in [1.165, 1.54) is 11.8 Å². The van der Waals surface area contributed by atoms with Crippen molar-refractivity contribution in [3.8, 4) is 0 Å². The Bertz CT molecular complexity index is 787. The second-order valence-electron chi connectivity index (χ2n) is 6.25. The number of hydrogen-bond acceptors (Lipinski definition) is 3. The summed E-state index contributed by atoms with van der Waals surface area (Å²) >= 11 is 1.50. The van der Waals surface area contributed by atoms with E-state index in [2.05, 4.69) is 22.8 Å². The van der Waals surface area contributed by atoms with Crippen LogP contribution in [0.25, 0.3) is 0 Å². The number of amides is 2. The van der Waals surface area contributed by atoms with Gasteiger partial charge in [0.15, 0.2) is 0 Å². The summed E-state index contributed by atoms with van der Waals surface area (Å²) in [5.41, 5.74) is 2.46. The highest BCUT2D eigenvalue weighted by Crippen LogP contribution is 2.41. The topological polar surface area (TPSA) is 58.2 Å².